The maximum Gasteiger partial charge on any atom is 0.228 e. The maximum absolute atomic E-state index is 12.0. The SMILES string of the molecule is O=C(Cc1ccccc1)Nc1cnn(C[C@@H]2CCCCO2)c1. The summed E-state index contributed by atoms with van der Waals surface area (Å²) in [5.74, 6) is -0.0281. The standard InChI is InChI=1S/C17H21N3O2/c21-17(10-14-6-2-1-3-7-14)19-15-11-18-20(12-15)13-16-8-4-5-9-22-16/h1-3,6-7,11-12,16H,4-5,8-10,13H2,(H,19,21)/t16-/m0/s1. The van der Waals surface area contributed by atoms with Gasteiger partial charge in [0, 0.05) is 12.8 Å². The Morgan fingerprint density at radius 1 is 1.32 bits per heavy atom. The molecule has 2 aromatic rings. The predicted octanol–water partition coefficient (Wildman–Crippen LogP) is 2.63. The van der Waals surface area contributed by atoms with Crippen LogP contribution in [-0.2, 0) is 22.5 Å². The molecule has 5 nitrogen and oxygen atoms in total. The van der Waals surface area contributed by atoms with Gasteiger partial charge in [-0.25, -0.2) is 0 Å². The van der Waals surface area contributed by atoms with E-state index in [0.717, 1.165) is 37.2 Å². The van der Waals surface area contributed by atoms with Crippen LogP contribution in [0.2, 0.25) is 0 Å². The molecule has 116 valence electrons. The number of nitrogens with one attached hydrogen (secondary N) is 1. The third kappa shape index (κ3) is 4.18. The highest BCUT2D eigenvalue weighted by Gasteiger charge is 2.15. The average Bonchev–Trinajstić information content (AvgIpc) is 2.96. The van der Waals surface area contributed by atoms with Crippen molar-refractivity contribution in [2.45, 2.75) is 38.3 Å². The van der Waals surface area contributed by atoms with Gasteiger partial charge >= 0.3 is 0 Å². The van der Waals surface area contributed by atoms with Crippen molar-refractivity contribution in [3.05, 3.63) is 48.3 Å². The van der Waals surface area contributed by atoms with Gasteiger partial charge in [0.2, 0.25) is 5.91 Å². The zero-order valence-corrected chi connectivity index (χ0v) is 12.6. The maximum atomic E-state index is 12.0. The Morgan fingerprint density at radius 3 is 2.95 bits per heavy atom. The number of hydrogen-bond acceptors (Lipinski definition) is 3. The minimum absolute atomic E-state index is 0.0281. The summed E-state index contributed by atoms with van der Waals surface area (Å²) in [4.78, 5) is 12.0. The monoisotopic (exact) mass is 299 g/mol. The lowest BCUT2D eigenvalue weighted by Crippen LogP contribution is -2.24. The molecule has 0 radical (unpaired) electrons. The fourth-order valence-electron chi connectivity index (χ4n) is 2.67. The molecule has 2 heterocycles. The molecule has 3 rings (SSSR count). The molecule has 1 amide bonds. The second kappa shape index (κ2) is 7.22. The average molecular weight is 299 g/mol. The normalized spacial score (nSPS) is 18.1. The second-order valence-corrected chi connectivity index (χ2v) is 5.65. The molecule has 0 saturated carbocycles. The van der Waals surface area contributed by atoms with Crippen LogP contribution in [0.15, 0.2) is 42.7 Å². The van der Waals surface area contributed by atoms with Crippen LogP contribution in [0.1, 0.15) is 24.8 Å². The molecule has 1 aromatic carbocycles. The molecule has 5 heteroatoms. The van der Waals surface area contributed by atoms with E-state index in [4.69, 9.17) is 4.74 Å². The smallest absolute Gasteiger partial charge is 0.228 e. The molecular weight excluding hydrogens is 278 g/mol. The van der Waals surface area contributed by atoms with Crippen LogP contribution in [0.4, 0.5) is 5.69 Å². The summed E-state index contributed by atoms with van der Waals surface area (Å²) in [5, 5.41) is 7.18. The van der Waals surface area contributed by atoms with Crippen molar-refractivity contribution in [2.24, 2.45) is 0 Å². The van der Waals surface area contributed by atoms with Gasteiger partial charge in [-0.05, 0) is 24.8 Å². The van der Waals surface area contributed by atoms with Crippen LogP contribution in [0.5, 0.6) is 0 Å². The van der Waals surface area contributed by atoms with Gasteiger partial charge < -0.3 is 10.1 Å². The van der Waals surface area contributed by atoms with Crippen LogP contribution >= 0.6 is 0 Å². The molecule has 1 aliphatic heterocycles. The number of amides is 1. The van der Waals surface area contributed by atoms with E-state index in [2.05, 4.69) is 10.4 Å². The number of carbonyl (C=O) groups excluding carboxylic acids is 1. The summed E-state index contributed by atoms with van der Waals surface area (Å²) < 4.78 is 7.54. The summed E-state index contributed by atoms with van der Waals surface area (Å²) in [6, 6.07) is 9.71. The zero-order valence-electron chi connectivity index (χ0n) is 12.6. The van der Waals surface area contributed by atoms with Crippen LogP contribution in [-0.4, -0.2) is 28.4 Å². The van der Waals surface area contributed by atoms with Crippen molar-refractivity contribution < 1.29 is 9.53 Å². The van der Waals surface area contributed by atoms with Gasteiger partial charge in [-0.1, -0.05) is 30.3 Å². The molecule has 1 N–H and O–H groups in total. The molecule has 22 heavy (non-hydrogen) atoms. The van der Waals surface area contributed by atoms with Crippen LogP contribution in [0, 0.1) is 0 Å². The van der Waals surface area contributed by atoms with E-state index in [1.807, 2.05) is 41.2 Å². The summed E-state index contributed by atoms with van der Waals surface area (Å²) in [7, 11) is 0. The summed E-state index contributed by atoms with van der Waals surface area (Å²) in [6.45, 7) is 1.58. The molecule has 0 bridgehead atoms. The molecule has 0 spiro atoms. The van der Waals surface area contributed by atoms with E-state index in [1.165, 1.54) is 6.42 Å². The van der Waals surface area contributed by atoms with Gasteiger partial charge in [0.1, 0.15) is 0 Å². The molecule has 1 saturated heterocycles. The zero-order chi connectivity index (χ0) is 15.2. The van der Waals surface area contributed by atoms with E-state index >= 15 is 0 Å². The van der Waals surface area contributed by atoms with Crippen molar-refractivity contribution >= 4 is 11.6 Å². The van der Waals surface area contributed by atoms with E-state index in [9.17, 15) is 4.79 Å². The first-order valence-electron chi connectivity index (χ1n) is 7.77. The molecule has 1 atom stereocenters. The van der Waals surface area contributed by atoms with Crippen molar-refractivity contribution in [1.29, 1.82) is 0 Å². The Balaban J connectivity index is 1.51. The van der Waals surface area contributed by atoms with Gasteiger partial charge in [0.25, 0.3) is 0 Å². The van der Waals surface area contributed by atoms with Crippen LogP contribution in [0.3, 0.4) is 0 Å². The van der Waals surface area contributed by atoms with E-state index < -0.39 is 0 Å². The largest absolute Gasteiger partial charge is 0.376 e. The molecule has 0 unspecified atom stereocenters. The lowest BCUT2D eigenvalue weighted by molar-refractivity contribution is -0.115. The van der Waals surface area contributed by atoms with E-state index in [1.54, 1.807) is 6.20 Å². The van der Waals surface area contributed by atoms with Crippen LogP contribution in [0.25, 0.3) is 0 Å². The fourth-order valence-corrected chi connectivity index (χ4v) is 2.67. The molecular formula is C17H21N3O2. The number of aromatic nitrogens is 2. The lowest BCUT2D eigenvalue weighted by atomic mass is 10.1. The van der Waals surface area contributed by atoms with E-state index in [-0.39, 0.29) is 12.0 Å². The molecule has 0 aliphatic carbocycles. The quantitative estimate of drug-likeness (QED) is 0.923. The van der Waals surface area contributed by atoms with Gasteiger partial charge in [0.05, 0.1) is 31.0 Å². The van der Waals surface area contributed by atoms with Gasteiger partial charge in [-0.3, -0.25) is 9.48 Å². The molecule has 1 fully saturated rings. The third-order valence-electron chi connectivity index (χ3n) is 3.79. The van der Waals surface area contributed by atoms with Gasteiger partial charge in [-0.15, -0.1) is 0 Å². The third-order valence-corrected chi connectivity index (χ3v) is 3.79. The number of benzene rings is 1. The number of nitrogens with zero attached hydrogens (tertiary/aromatic N) is 2. The van der Waals surface area contributed by atoms with Gasteiger partial charge in [0.15, 0.2) is 0 Å². The minimum Gasteiger partial charge on any atom is -0.376 e. The van der Waals surface area contributed by atoms with Crippen molar-refractivity contribution in [2.75, 3.05) is 11.9 Å². The Hall–Kier alpha value is -2.14. The molecule has 1 aromatic heterocycles. The van der Waals surface area contributed by atoms with Crippen molar-refractivity contribution in [3.63, 3.8) is 0 Å². The molecule has 1 aliphatic rings. The topological polar surface area (TPSA) is 56.2 Å². The first-order valence-corrected chi connectivity index (χ1v) is 7.77. The highest BCUT2D eigenvalue weighted by molar-refractivity contribution is 5.91. The van der Waals surface area contributed by atoms with Crippen molar-refractivity contribution in [3.8, 4) is 0 Å². The first-order chi connectivity index (χ1) is 10.8. The lowest BCUT2D eigenvalue weighted by Gasteiger charge is -2.22. The number of carbonyl (C=O) groups is 1. The fraction of sp³-hybridized carbons (Fsp3) is 0.412. The minimum atomic E-state index is -0.0281. The van der Waals surface area contributed by atoms with Crippen molar-refractivity contribution in [1.82, 2.24) is 9.78 Å². The van der Waals surface area contributed by atoms with Gasteiger partial charge in [-0.2, -0.15) is 5.10 Å². The summed E-state index contributed by atoms with van der Waals surface area (Å²) in [5.41, 5.74) is 1.74. The Bertz CT molecular complexity index is 603. The number of rotatable bonds is 5. The Labute approximate surface area is 130 Å². The predicted molar refractivity (Wildman–Crippen MR) is 84.6 cm³/mol. The van der Waals surface area contributed by atoms with E-state index in [0.29, 0.717) is 6.42 Å². The Morgan fingerprint density at radius 2 is 2.18 bits per heavy atom. The second-order valence-electron chi connectivity index (χ2n) is 5.65. The first kappa shape index (κ1) is 14.8. The number of ether oxygens (including phenoxy) is 1. The number of anilines is 1. The van der Waals surface area contributed by atoms with Crippen LogP contribution < -0.4 is 5.32 Å². The number of hydrogen-bond donors (Lipinski definition) is 1. The Kier molecular flexibility index (Phi) is 4.85. The summed E-state index contributed by atoms with van der Waals surface area (Å²) in [6.07, 6.45) is 7.60. The highest BCUT2D eigenvalue weighted by Crippen LogP contribution is 2.15. The summed E-state index contributed by atoms with van der Waals surface area (Å²) >= 11 is 0. The highest BCUT2D eigenvalue weighted by atomic mass is 16.5.